The molecule has 0 saturated heterocycles. The predicted molar refractivity (Wildman–Crippen MR) is 80.7 cm³/mol. The molecule has 0 aliphatic heterocycles. The van der Waals surface area contributed by atoms with Crippen LogP contribution in [-0.4, -0.2) is 35.6 Å². The highest BCUT2D eigenvalue weighted by atomic mass is 19.4. The van der Waals surface area contributed by atoms with Gasteiger partial charge in [0.05, 0.1) is 6.33 Å². The summed E-state index contributed by atoms with van der Waals surface area (Å²) in [5, 5.41) is 9.38. The molecule has 0 spiro atoms. The van der Waals surface area contributed by atoms with Crippen molar-refractivity contribution in [3.8, 4) is 0 Å². The number of imidazole rings is 1. The lowest BCUT2D eigenvalue weighted by atomic mass is 9.98. The summed E-state index contributed by atoms with van der Waals surface area (Å²) in [6.07, 6.45) is -3.63. The van der Waals surface area contributed by atoms with Gasteiger partial charge < -0.3 is 9.67 Å². The number of hydrogen-bond acceptors (Lipinski definition) is 4. The average molecular weight is 348 g/mol. The first kappa shape index (κ1) is 18.2. The maximum absolute atomic E-state index is 12.6. The monoisotopic (exact) mass is 348 g/mol. The first-order valence-electron chi connectivity index (χ1n) is 7.37. The molecular formula is C14H19F3N4O3. The minimum atomic E-state index is -4.71. The van der Waals surface area contributed by atoms with Crippen LogP contribution in [0.4, 0.5) is 13.2 Å². The van der Waals surface area contributed by atoms with Gasteiger partial charge in [-0.2, -0.15) is 13.2 Å². The molecule has 1 unspecified atom stereocenters. The highest BCUT2D eigenvalue weighted by molar-refractivity contribution is 5.69. The lowest BCUT2D eigenvalue weighted by molar-refractivity contribution is -0.255. The van der Waals surface area contributed by atoms with Gasteiger partial charge in [-0.05, 0) is 26.2 Å². The van der Waals surface area contributed by atoms with Crippen LogP contribution in [0, 0.1) is 0 Å². The van der Waals surface area contributed by atoms with Crippen molar-refractivity contribution in [2.75, 3.05) is 0 Å². The van der Waals surface area contributed by atoms with Gasteiger partial charge >= 0.3 is 11.9 Å². The molecule has 1 N–H and O–H groups in total. The highest BCUT2D eigenvalue weighted by Gasteiger charge is 2.48. The smallest absolute Gasteiger partial charge is 0.381 e. The molecule has 0 radical (unpaired) electrons. The molecule has 0 bridgehead atoms. The summed E-state index contributed by atoms with van der Waals surface area (Å²) < 4.78 is 41.4. The predicted octanol–water partition coefficient (Wildman–Crippen LogP) is 0.917. The molecule has 0 saturated carbocycles. The van der Waals surface area contributed by atoms with Gasteiger partial charge in [-0.3, -0.25) is 13.9 Å². The fourth-order valence-electron chi connectivity index (χ4n) is 2.47. The zero-order valence-corrected chi connectivity index (χ0v) is 13.6. The van der Waals surface area contributed by atoms with E-state index in [2.05, 4.69) is 4.98 Å². The summed E-state index contributed by atoms with van der Waals surface area (Å²) in [6, 6.07) is 0. The topological polar surface area (TPSA) is 82.1 Å². The molecule has 1 atom stereocenters. The number of rotatable bonds is 5. The Morgan fingerprint density at radius 3 is 2.42 bits per heavy atom. The van der Waals surface area contributed by atoms with Crippen molar-refractivity contribution in [2.24, 2.45) is 14.1 Å². The number of nitrogens with zero attached hydrogens (tertiary/aromatic N) is 4. The second-order valence-electron chi connectivity index (χ2n) is 6.05. The minimum Gasteiger partial charge on any atom is -0.381 e. The maximum Gasteiger partial charge on any atom is 0.416 e. The molecular weight excluding hydrogens is 329 g/mol. The standard InChI is InChI=1S/C14H19F3N4O3/c1-13(24,14(15,16)17)6-4-5-7-21-11(22)9-10(18-8-19(9)2)20(3)12(21)23/h8,24H,4-7H2,1-3H3. The van der Waals surface area contributed by atoms with Gasteiger partial charge in [0.2, 0.25) is 0 Å². The molecule has 2 aromatic rings. The Bertz CT molecular complexity index is 861. The summed E-state index contributed by atoms with van der Waals surface area (Å²) in [7, 11) is 3.09. The molecule has 0 aromatic carbocycles. The van der Waals surface area contributed by atoms with E-state index in [4.69, 9.17) is 0 Å². The molecule has 2 aromatic heterocycles. The van der Waals surface area contributed by atoms with Gasteiger partial charge in [0.15, 0.2) is 16.8 Å². The second-order valence-corrected chi connectivity index (χ2v) is 6.05. The summed E-state index contributed by atoms with van der Waals surface area (Å²) in [4.78, 5) is 28.6. The number of alkyl halides is 3. The molecule has 0 amide bonds. The fraction of sp³-hybridized carbons (Fsp3) is 0.643. The van der Waals surface area contributed by atoms with Crippen molar-refractivity contribution in [2.45, 2.75) is 44.5 Å². The average Bonchev–Trinajstić information content (AvgIpc) is 2.85. The molecule has 2 heterocycles. The van der Waals surface area contributed by atoms with E-state index in [1.54, 1.807) is 7.05 Å². The van der Waals surface area contributed by atoms with Crippen LogP contribution in [0.5, 0.6) is 0 Å². The summed E-state index contributed by atoms with van der Waals surface area (Å²) >= 11 is 0. The second kappa shape index (κ2) is 6.08. The van der Waals surface area contributed by atoms with Crippen molar-refractivity contribution in [1.29, 1.82) is 0 Å². The van der Waals surface area contributed by atoms with Crippen LogP contribution in [0.2, 0.25) is 0 Å². The Hall–Kier alpha value is -2.10. The SMILES string of the molecule is Cn1cnc2c1c(=O)n(CCCCC(C)(O)C(F)(F)F)c(=O)n2C. The van der Waals surface area contributed by atoms with E-state index in [1.807, 2.05) is 0 Å². The van der Waals surface area contributed by atoms with Crippen molar-refractivity contribution in [3.05, 3.63) is 27.2 Å². The molecule has 134 valence electrons. The van der Waals surface area contributed by atoms with Crippen molar-refractivity contribution >= 4 is 11.2 Å². The Kier molecular flexibility index (Phi) is 4.62. The van der Waals surface area contributed by atoms with E-state index < -0.39 is 29.4 Å². The number of unbranched alkanes of at least 4 members (excludes halogenated alkanes) is 1. The third-order valence-corrected chi connectivity index (χ3v) is 4.11. The lowest BCUT2D eigenvalue weighted by Crippen LogP contribution is -2.42. The maximum atomic E-state index is 12.6. The van der Waals surface area contributed by atoms with Crippen LogP contribution in [0.25, 0.3) is 11.2 Å². The Morgan fingerprint density at radius 2 is 1.83 bits per heavy atom. The molecule has 2 rings (SSSR count). The zero-order chi connectivity index (χ0) is 18.3. The number of fused-ring (bicyclic) bond motifs is 1. The van der Waals surface area contributed by atoms with Crippen LogP contribution in [-0.2, 0) is 20.6 Å². The number of halogens is 3. The molecule has 0 fully saturated rings. The van der Waals surface area contributed by atoms with E-state index in [1.165, 1.54) is 22.5 Å². The van der Waals surface area contributed by atoms with E-state index in [0.717, 1.165) is 4.57 Å². The first-order chi connectivity index (χ1) is 11.0. The van der Waals surface area contributed by atoms with Crippen molar-refractivity contribution in [3.63, 3.8) is 0 Å². The van der Waals surface area contributed by atoms with Crippen LogP contribution in [0.15, 0.2) is 15.9 Å². The molecule has 24 heavy (non-hydrogen) atoms. The first-order valence-corrected chi connectivity index (χ1v) is 7.37. The lowest BCUT2D eigenvalue weighted by Gasteiger charge is -2.26. The van der Waals surface area contributed by atoms with Crippen molar-refractivity contribution < 1.29 is 18.3 Å². The van der Waals surface area contributed by atoms with Gasteiger partial charge in [0, 0.05) is 20.6 Å². The summed E-state index contributed by atoms with van der Waals surface area (Å²) in [5.74, 6) is 0. The number of aromatic nitrogens is 4. The Balaban J connectivity index is 2.19. The van der Waals surface area contributed by atoms with Crippen LogP contribution in [0.1, 0.15) is 26.2 Å². The Morgan fingerprint density at radius 1 is 1.21 bits per heavy atom. The molecule has 0 aliphatic rings. The Labute approximate surface area is 135 Å². The van der Waals surface area contributed by atoms with Gasteiger partial charge in [-0.25, -0.2) is 9.78 Å². The number of aliphatic hydroxyl groups is 1. The van der Waals surface area contributed by atoms with Gasteiger partial charge in [0.25, 0.3) is 5.56 Å². The van der Waals surface area contributed by atoms with E-state index >= 15 is 0 Å². The highest BCUT2D eigenvalue weighted by Crippen LogP contribution is 2.33. The van der Waals surface area contributed by atoms with Crippen molar-refractivity contribution in [1.82, 2.24) is 18.7 Å². The normalized spacial score (nSPS) is 15.0. The quantitative estimate of drug-likeness (QED) is 0.815. The van der Waals surface area contributed by atoms with Gasteiger partial charge in [-0.1, -0.05) is 0 Å². The van der Waals surface area contributed by atoms with Crippen LogP contribution < -0.4 is 11.2 Å². The summed E-state index contributed by atoms with van der Waals surface area (Å²) in [5.41, 5.74) is -3.39. The van der Waals surface area contributed by atoms with E-state index in [0.29, 0.717) is 6.92 Å². The van der Waals surface area contributed by atoms with Crippen LogP contribution >= 0.6 is 0 Å². The third-order valence-electron chi connectivity index (χ3n) is 4.11. The third kappa shape index (κ3) is 3.10. The number of aryl methyl sites for hydroxylation is 2. The van der Waals surface area contributed by atoms with Crippen LogP contribution in [0.3, 0.4) is 0 Å². The summed E-state index contributed by atoms with van der Waals surface area (Å²) in [6.45, 7) is 0.681. The van der Waals surface area contributed by atoms with Gasteiger partial charge in [0.1, 0.15) is 0 Å². The fourth-order valence-corrected chi connectivity index (χ4v) is 2.47. The molecule has 10 heteroatoms. The largest absolute Gasteiger partial charge is 0.416 e. The van der Waals surface area contributed by atoms with Gasteiger partial charge in [-0.15, -0.1) is 0 Å². The van der Waals surface area contributed by atoms with E-state index in [9.17, 15) is 27.9 Å². The van der Waals surface area contributed by atoms with E-state index in [-0.39, 0.29) is 30.6 Å². The zero-order valence-electron chi connectivity index (χ0n) is 13.6. The molecule has 7 nitrogen and oxygen atoms in total. The minimum absolute atomic E-state index is 0.0194. The number of hydrogen-bond donors (Lipinski definition) is 1. The molecule has 0 aliphatic carbocycles.